The summed E-state index contributed by atoms with van der Waals surface area (Å²) in [5.41, 5.74) is 0. The van der Waals surface area contributed by atoms with Gasteiger partial charge in [-0.15, -0.1) is 0 Å². The standard InChI is InChI=1S/C14H31NO4SSi/c1-6-11-12-13-16-14(20)15(7-2)21(17-8-3,18-9-4)19-10-5/h6-13H2,1-5H3. The highest BCUT2D eigenvalue weighted by molar-refractivity contribution is 7.80. The lowest BCUT2D eigenvalue weighted by molar-refractivity contribution is 0.0300. The van der Waals surface area contributed by atoms with Gasteiger partial charge in [-0.05, 0) is 46.3 Å². The Morgan fingerprint density at radius 2 is 1.43 bits per heavy atom. The van der Waals surface area contributed by atoms with Crippen LogP contribution in [0.5, 0.6) is 0 Å². The molecule has 0 unspecified atom stereocenters. The van der Waals surface area contributed by atoms with Crippen molar-refractivity contribution in [3.63, 3.8) is 0 Å². The van der Waals surface area contributed by atoms with E-state index in [2.05, 4.69) is 6.92 Å². The second-order valence-electron chi connectivity index (χ2n) is 4.39. The second-order valence-corrected chi connectivity index (χ2v) is 7.19. The number of thiocarbonyl (C=S) groups is 1. The average molecular weight is 338 g/mol. The van der Waals surface area contributed by atoms with E-state index in [0.717, 1.165) is 19.3 Å². The first-order valence-corrected chi connectivity index (χ1v) is 10.1. The Labute approximate surface area is 136 Å². The summed E-state index contributed by atoms with van der Waals surface area (Å²) >= 11 is 5.41. The van der Waals surface area contributed by atoms with Crippen LogP contribution in [0.3, 0.4) is 0 Å². The summed E-state index contributed by atoms with van der Waals surface area (Å²) in [6.07, 6.45) is 3.30. The Kier molecular flexibility index (Phi) is 12.2. The maximum absolute atomic E-state index is 5.86. The molecule has 0 spiro atoms. The molecule has 0 atom stereocenters. The number of nitrogens with zero attached hydrogens (tertiary/aromatic N) is 1. The summed E-state index contributed by atoms with van der Waals surface area (Å²) in [5, 5.41) is 0.413. The molecule has 0 aliphatic heterocycles. The molecule has 0 aromatic heterocycles. The molecule has 0 aromatic rings. The Morgan fingerprint density at radius 1 is 0.905 bits per heavy atom. The van der Waals surface area contributed by atoms with E-state index in [1.54, 1.807) is 0 Å². The molecule has 0 amide bonds. The van der Waals surface area contributed by atoms with E-state index < -0.39 is 8.97 Å². The summed E-state index contributed by atoms with van der Waals surface area (Å²) in [7, 11) is -2.99. The van der Waals surface area contributed by atoms with Crippen LogP contribution in [-0.4, -0.2) is 51.7 Å². The largest absolute Gasteiger partial charge is 0.636 e. The van der Waals surface area contributed by atoms with Crippen LogP contribution in [0, 0.1) is 0 Å². The van der Waals surface area contributed by atoms with Gasteiger partial charge < -0.3 is 18.0 Å². The van der Waals surface area contributed by atoms with Crippen LogP contribution in [-0.2, 0) is 18.0 Å². The van der Waals surface area contributed by atoms with Gasteiger partial charge in [0.25, 0.3) is 5.17 Å². The molecular formula is C14H31NO4SSi. The van der Waals surface area contributed by atoms with Crippen LogP contribution in [0.15, 0.2) is 0 Å². The van der Waals surface area contributed by atoms with Crippen molar-refractivity contribution in [3.05, 3.63) is 0 Å². The first kappa shape index (κ1) is 20.8. The molecule has 0 saturated carbocycles. The molecule has 0 aliphatic carbocycles. The summed E-state index contributed by atoms with van der Waals surface area (Å²) in [4.78, 5) is 0. The molecule has 7 heteroatoms. The normalized spacial score (nSPS) is 11.5. The molecule has 0 saturated heterocycles. The van der Waals surface area contributed by atoms with Crippen molar-refractivity contribution in [2.24, 2.45) is 0 Å². The molecule has 0 heterocycles. The number of rotatable bonds is 12. The lowest BCUT2D eigenvalue weighted by Gasteiger charge is -2.37. The zero-order chi connectivity index (χ0) is 16.1. The minimum atomic E-state index is -2.99. The van der Waals surface area contributed by atoms with E-state index in [-0.39, 0.29) is 0 Å². The van der Waals surface area contributed by atoms with Gasteiger partial charge >= 0.3 is 8.97 Å². The Bertz CT molecular complexity index is 265. The Hall–Kier alpha value is -0.213. The van der Waals surface area contributed by atoms with Crippen LogP contribution in [0.25, 0.3) is 0 Å². The van der Waals surface area contributed by atoms with E-state index in [0.29, 0.717) is 38.1 Å². The summed E-state index contributed by atoms with van der Waals surface area (Å²) in [5.74, 6) is 0. The highest BCUT2D eigenvalue weighted by Gasteiger charge is 2.50. The van der Waals surface area contributed by atoms with E-state index in [1.165, 1.54) is 0 Å². The topological polar surface area (TPSA) is 40.2 Å². The maximum Gasteiger partial charge on any atom is 0.636 e. The van der Waals surface area contributed by atoms with Gasteiger partial charge in [0.1, 0.15) is 0 Å². The van der Waals surface area contributed by atoms with Gasteiger partial charge in [-0.25, -0.2) is 0 Å². The predicted molar refractivity (Wildman–Crippen MR) is 91.1 cm³/mol. The summed E-state index contributed by atoms with van der Waals surface area (Å²) in [6.45, 7) is 12.8. The SMILES string of the molecule is CCCCCOC(=S)N(CC)[Si](OCC)(OCC)OCC. The van der Waals surface area contributed by atoms with Crippen LogP contribution < -0.4 is 0 Å². The lowest BCUT2D eigenvalue weighted by Crippen LogP contribution is -2.63. The molecule has 0 N–H and O–H groups in total. The fraction of sp³-hybridized carbons (Fsp3) is 0.929. The zero-order valence-corrected chi connectivity index (χ0v) is 16.0. The van der Waals surface area contributed by atoms with Crippen molar-refractivity contribution in [2.45, 2.75) is 53.9 Å². The van der Waals surface area contributed by atoms with Gasteiger partial charge in [0, 0.05) is 26.4 Å². The van der Waals surface area contributed by atoms with Gasteiger partial charge in [0.15, 0.2) is 0 Å². The molecule has 0 fully saturated rings. The predicted octanol–water partition coefficient (Wildman–Crippen LogP) is 3.35. The van der Waals surface area contributed by atoms with E-state index >= 15 is 0 Å². The fourth-order valence-corrected chi connectivity index (χ4v) is 4.97. The van der Waals surface area contributed by atoms with Gasteiger partial charge in [-0.1, -0.05) is 19.8 Å². The monoisotopic (exact) mass is 337 g/mol. The van der Waals surface area contributed by atoms with Crippen molar-refractivity contribution in [2.75, 3.05) is 33.0 Å². The van der Waals surface area contributed by atoms with Crippen molar-refractivity contribution in [3.8, 4) is 0 Å². The Morgan fingerprint density at radius 3 is 1.81 bits per heavy atom. The quantitative estimate of drug-likeness (QED) is 0.309. The minimum absolute atomic E-state index is 0.413. The van der Waals surface area contributed by atoms with Crippen molar-refractivity contribution in [1.82, 2.24) is 4.57 Å². The van der Waals surface area contributed by atoms with Crippen molar-refractivity contribution < 1.29 is 18.0 Å². The van der Waals surface area contributed by atoms with E-state index in [1.807, 2.05) is 32.3 Å². The number of ether oxygens (including phenoxy) is 1. The number of hydrogen-bond donors (Lipinski definition) is 0. The molecule has 0 aliphatic rings. The molecule has 0 radical (unpaired) electrons. The maximum atomic E-state index is 5.86. The first-order valence-electron chi connectivity index (χ1n) is 7.97. The first-order chi connectivity index (χ1) is 10.1. The Balaban J connectivity index is 4.88. The fourth-order valence-electron chi connectivity index (χ4n) is 1.93. The highest BCUT2D eigenvalue weighted by atomic mass is 32.1. The van der Waals surface area contributed by atoms with Crippen molar-refractivity contribution in [1.29, 1.82) is 0 Å². The summed E-state index contributed by atoms with van der Waals surface area (Å²) < 4.78 is 25.1. The van der Waals surface area contributed by atoms with E-state index in [4.69, 9.17) is 30.2 Å². The number of unbranched alkanes of at least 4 members (excludes halogenated alkanes) is 2. The second kappa shape index (κ2) is 12.3. The molecular weight excluding hydrogens is 306 g/mol. The molecule has 5 nitrogen and oxygen atoms in total. The average Bonchev–Trinajstić information content (AvgIpc) is 2.45. The molecule has 21 heavy (non-hydrogen) atoms. The minimum Gasteiger partial charge on any atom is -0.471 e. The van der Waals surface area contributed by atoms with Crippen molar-refractivity contribution >= 4 is 26.4 Å². The van der Waals surface area contributed by atoms with Crippen LogP contribution >= 0.6 is 12.2 Å². The molecule has 0 bridgehead atoms. The van der Waals surface area contributed by atoms with Gasteiger partial charge in [0.2, 0.25) is 0 Å². The third kappa shape index (κ3) is 7.06. The lowest BCUT2D eigenvalue weighted by atomic mass is 10.3. The third-order valence-corrected chi connectivity index (χ3v) is 6.46. The zero-order valence-electron chi connectivity index (χ0n) is 14.1. The molecule has 0 rings (SSSR count). The van der Waals surface area contributed by atoms with Gasteiger partial charge in [-0.2, -0.15) is 0 Å². The smallest absolute Gasteiger partial charge is 0.471 e. The van der Waals surface area contributed by atoms with Crippen LogP contribution in [0.4, 0.5) is 0 Å². The molecule has 0 aromatic carbocycles. The third-order valence-electron chi connectivity index (χ3n) is 2.82. The summed E-state index contributed by atoms with van der Waals surface area (Å²) in [6, 6.07) is 0. The van der Waals surface area contributed by atoms with Crippen LogP contribution in [0.1, 0.15) is 53.9 Å². The number of hydrogen-bond acceptors (Lipinski definition) is 5. The van der Waals surface area contributed by atoms with Gasteiger partial charge in [-0.3, -0.25) is 4.57 Å². The molecule has 126 valence electrons. The van der Waals surface area contributed by atoms with Gasteiger partial charge in [0.05, 0.1) is 6.61 Å². The highest BCUT2D eigenvalue weighted by Crippen LogP contribution is 2.18. The van der Waals surface area contributed by atoms with Crippen LogP contribution in [0.2, 0.25) is 0 Å². The van der Waals surface area contributed by atoms with E-state index in [9.17, 15) is 0 Å².